The van der Waals surface area contributed by atoms with Gasteiger partial charge >= 0.3 is 0 Å². The van der Waals surface area contributed by atoms with Gasteiger partial charge in [0, 0.05) is 11.3 Å². The Hall–Kier alpha value is -2.13. The number of nitrogens with one attached hydrogen (secondary N) is 1. The van der Waals surface area contributed by atoms with Crippen LogP contribution >= 0.6 is 0 Å². The van der Waals surface area contributed by atoms with E-state index >= 15 is 0 Å². The molecule has 0 spiro atoms. The van der Waals surface area contributed by atoms with Gasteiger partial charge in [-0.05, 0) is 44.2 Å². The van der Waals surface area contributed by atoms with Crippen molar-refractivity contribution in [2.75, 3.05) is 5.32 Å². The predicted octanol–water partition coefficient (Wildman–Crippen LogP) is 3.19. The topological polar surface area (TPSA) is 45.7 Å². The van der Waals surface area contributed by atoms with Gasteiger partial charge in [-0.25, -0.2) is 0 Å². The third kappa shape index (κ3) is 3.99. The number of nitrogens with two attached hydrogens (primary N) is 1. The number of rotatable bonds is 5. The molecule has 3 N–H and O–H groups in total. The maximum atomic E-state index is 12.5. The molecule has 0 bridgehead atoms. The van der Waals surface area contributed by atoms with Gasteiger partial charge in [-0.3, -0.25) is 4.79 Å². The first-order valence-electron chi connectivity index (χ1n) is 8.54. The summed E-state index contributed by atoms with van der Waals surface area (Å²) in [6, 6.07) is 18.7. The highest BCUT2D eigenvalue weighted by atomic mass is 16.2. The van der Waals surface area contributed by atoms with Crippen LogP contribution in [0, 0.1) is 0 Å². The zero-order chi connectivity index (χ0) is 16.1. The normalized spacial score (nSPS) is 16.2. The zero-order valence-corrected chi connectivity index (χ0v) is 13.7. The summed E-state index contributed by atoms with van der Waals surface area (Å²) >= 11 is 0. The van der Waals surface area contributed by atoms with E-state index in [1.165, 1.54) is 25.7 Å². The third-order valence-corrected chi connectivity index (χ3v) is 4.64. The molecule has 1 atom stereocenters. The average Bonchev–Trinajstić information content (AvgIpc) is 3.09. The molecule has 1 saturated carbocycles. The molecule has 0 heterocycles. The van der Waals surface area contributed by atoms with Crippen LogP contribution in [-0.2, 0) is 4.79 Å². The predicted molar refractivity (Wildman–Crippen MR) is 94.2 cm³/mol. The Kier molecular flexibility index (Phi) is 5.09. The second-order valence-electron chi connectivity index (χ2n) is 6.43. The fourth-order valence-corrected chi connectivity index (χ4v) is 3.35. The van der Waals surface area contributed by atoms with Gasteiger partial charge in [0.25, 0.3) is 5.91 Å². The van der Waals surface area contributed by atoms with E-state index in [-0.39, 0.29) is 11.9 Å². The minimum Gasteiger partial charge on any atom is -0.334 e. The monoisotopic (exact) mass is 309 g/mol. The van der Waals surface area contributed by atoms with Gasteiger partial charge in [0.1, 0.15) is 0 Å². The van der Waals surface area contributed by atoms with Crippen molar-refractivity contribution in [1.82, 2.24) is 0 Å². The molecule has 1 aliphatic rings. The molecule has 3 heteroatoms. The summed E-state index contributed by atoms with van der Waals surface area (Å²) in [5.41, 5.74) is 3.07. The molecule has 0 aliphatic heterocycles. The molecule has 120 valence electrons. The number of para-hydroxylation sites is 1. The van der Waals surface area contributed by atoms with Crippen LogP contribution in [0.15, 0.2) is 54.6 Å². The summed E-state index contributed by atoms with van der Waals surface area (Å²) in [6.45, 7) is 2.00. The lowest BCUT2D eigenvalue weighted by atomic mass is 10.0. The van der Waals surface area contributed by atoms with E-state index in [4.69, 9.17) is 0 Å². The van der Waals surface area contributed by atoms with E-state index < -0.39 is 0 Å². The average molecular weight is 309 g/mol. The highest BCUT2D eigenvalue weighted by Crippen LogP contribution is 2.27. The van der Waals surface area contributed by atoms with Crippen LogP contribution in [0.25, 0.3) is 11.1 Å². The van der Waals surface area contributed by atoms with Gasteiger partial charge in [-0.1, -0.05) is 48.5 Å². The van der Waals surface area contributed by atoms with Crippen molar-refractivity contribution in [2.45, 2.75) is 44.7 Å². The number of carbonyl (C=O) groups is 1. The number of hydrogen-bond donors (Lipinski definition) is 2. The van der Waals surface area contributed by atoms with Crippen LogP contribution in [0.1, 0.15) is 32.6 Å². The molecule has 1 aliphatic carbocycles. The van der Waals surface area contributed by atoms with Crippen LogP contribution in [0.5, 0.6) is 0 Å². The molecule has 2 aromatic carbocycles. The van der Waals surface area contributed by atoms with E-state index in [9.17, 15) is 4.79 Å². The summed E-state index contributed by atoms with van der Waals surface area (Å²) < 4.78 is 0. The second kappa shape index (κ2) is 7.42. The van der Waals surface area contributed by atoms with Crippen molar-refractivity contribution in [3.63, 3.8) is 0 Å². The third-order valence-electron chi connectivity index (χ3n) is 4.64. The van der Waals surface area contributed by atoms with Crippen molar-refractivity contribution in [3.8, 4) is 11.1 Å². The smallest absolute Gasteiger partial charge is 0.282 e. The summed E-state index contributed by atoms with van der Waals surface area (Å²) in [5, 5.41) is 5.34. The Morgan fingerprint density at radius 1 is 1.04 bits per heavy atom. The van der Waals surface area contributed by atoms with Gasteiger partial charge in [0.05, 0.1) is 6.04 Å². The van der Waals surface area contributed by atoms with Crippen molar-refractivity contribution < 1.29 is 10.1 Å². The van der Waals surface area contributed by atoms with E-state index in [1.54, 1.807) is 0 Å². The largest absolute Gasteiger partial charge is 0.334 e. The number of amides is 1. The fourth-order valence-electron chi connectivity index (χ4n) is 3.35. The Bertz CT molecular complexity index is 648. The maximum Gasteiger partial charge on any atom is 0.282 e. The molecule has 0 saturated heterocycles. The number of anilines is 1. The molecule has 1 fully saturated rings. The summed E-state index contributed by atoms with van der Waals surface area (Å²) in [4.78, 5) is 12.5. The van der Waals surface area contributed by atoms with Crippen LogP contribution in [0.2, 0.25) is 0 Å². The molecule has 3 rings (SSSR count). The first-order valence-corrected chi connectivity index (χ1v) is 8.54. The quantitative estimate of drug-likeness (QED) is 0.875. The van der Waals surface area contributed by atoms with E-state index in [0.717, 1.165) is 16.8 Å². The molecule has 0 radical (unpaired) electrons. The van der Waals surface area contributed by atoms with Gasteiger partial charge in [0.2, 0.25) is 0 Å². The van der Waals surface area contributed by atoms with E-state index in [2.05, 4.69) is 28.8 Å². The Morgan fingerprint density at radius 3 is 2.43 bits per heavy atom. The minimum atomic E-state index is -0.0538. The van der Waals surface area contributed by atoms with Crippen molar-refractivity contribution in [3.05, 3.63) is 54.6 Å². The molecule has 0 aromatic heterocycles. The summed E-state index contributed by atoms with van der Waals surface area (Å²) in [7, 11) is 0. The number of benzene rings is 2. The van der Waals surface area contributed by atoms with Crippen LogP contribution in [-0.4, -0.2) is 18.0 Å². The zero-order valence-electron chi connectivity index (χ0n) is 13.7. The number of carbonyl (C=O) groups excluding carboxylic acids is 1. The Labute approximate surface area is 138 Å². The lowest BCUT2D eigenvalue weighted by molar-refractivity contribution is -0.705. The first kappa shape index (κ1) is 15.8. The molecule has 0 unspecified atom stereocenters. The van der Waals surface area contributed by atoms with Crippen LogP contribution in [0.4, 0.5) is 5.69 Å². The maximum absolute atomic E-state index is 12.5. The van der Waals surface area contributed by atoms with Gasteiger partial charge in [0.15, 0.2) is 6.04 Å². The highest BCUT2D eigenvalue weighted by Gasteiger charge is 2.25. The van der Waals surface area contributed by atoms with Gasteiger partial charge < -0.3 is 10.6 Å². The highest BCUT2D eigenvalue weighted by molar-refractivity contribution is 5.97. The lowest BCUT2D eigenvalue weighted by Crippen LogP contribution is -2.95. The minimum absolute atomic E-state index is 0.0538. The molecule has 1 amide bonds. The lowest BCUT2D eigenvalue weighted by Gasteiger charge is -2.17. The van der Waals surface area contributed by atoms with E-state index in [0.29, 0.717) is 6.04 Å². The van der Waals surface area contributed by atoms with Crippen molar-refractivity contribution in [2.24, 2.45) is 0 Å². The molecular weight excluding hydrogens is 284 g/mol. The van der Waals surface area contributed by atoms with Gasteiger partial charge in [-0.15, -0.1) is 0 Å². The van der Waals surface area contributed by atoms with Crippen LogP contribution < -0.4 is 10.6 Å². The molecular formula is C20H25N2O+. The number of quaternary nitrogens is 1. The fraction of sp³-hybridized carbons (Fsp3) is 0.350. The Morgan fingerprint density at radius 2 is 1.70 bits per heavy atom. The second-order valence-corrected chi connectivity index (χ2v) is 6.43. The van der Waals surface area contributed by atoms with Gasteiger partial charge in [-0.2, -0.15) is 0 Å². The van der Waals surface area contributed by atoms with E-state index in [1.807, 2.05) is 43.3 Å². The Balaban J connectivity index is 1.71. The first-order chi connectivity index (χ1) is 11.2. The number of hydrogen-bond acceptors (Lipinski definition) is 1. The standard InChI is InChI=1S/C20H24N2O/c1-15(21-17-11-5-6-12-17)20(23)22-19-14-8-7-13-18(19)16-9-3-2-4-10-16/h2-4,7-10,13-15,17,21H,5-6,11-12H2,1H3,(H,22,23)/p+1/t15-/m1/s1. The van der Waals surface area contributed by atoms with Crippen molar-refractivity contribution in [1.29, 1.82) is 0 Å². The summed E-state index contributed by atoms with van der Waals surface area (Å²) in [5.74, 6) is 0.0836. The van der Waals surface area contributed by atoms with Crippen LogP contribution in [0.3, 0.4) is 0 Å². The SMILES string of the molecule is C[C@@H]([NH2+]C1CCCC1)C(=O)Nc1ccccc1-c1ccccc1. The molecule has 3 nitrogen and oxygen atoms in total. The van der Waals surface area contributed by atoms with Crippen molar-refractivity contribution >= 4 is 11.6 Å². The summed E-state index contributed by atoms with van der Waals surface area (Å²) in [6.07, 6.45) is 5.06. The molecule has 23 heavy (non-hydrogen) atoms. The molecule has 2 aromatic rings.